The van der Waals surface area contributed by atoms with Crippen LogP contribution in [-0.4, -0.2) is 59.1 Å². The Morgan fingerprint density at radius 1 is 1.03 bits per heavy atom. The number of carbonyl (C=O) groups excluding carboxylic acids is 2. The van der Waals surface area contributed by atoms with Gasteiger partial charge < -0.3 is 20.1 Å². The standard InChI is InChI=1S/C27H45N3O4S2/c1-6-27(13-14-27)30-23(32)10-9-19-33-26(4,5)16-20-34-25(2,3)15-18-28-22(31)12-21-35-36-24-11-7-8-17-29-24/h7-8,11,17H,6,9-10,12-16,18-21H2,1-5H3,(H,28,31)(H,30,32). The van der Waals surface area contributed by atoms with Crippen LogP contribution in [0.25, 0.3) is 0 Å². The molecule has 0 aliphatic heterocycles. The number of ether oxygens (including phenoxy) is 2. The summed E-state index contributed by atoms with van der Waals surface area (Å²) in [6, 6.07) is 5.81. The van der Waals surface area contributed by atoms with Crippen molar-refractivity contribution in [3.8, 4) is 0 Å². The maximum absolute atomic E-state index is 12.1. The van der Waals surface area contributed by atoms with E-state index >= 15 is 0 Å². The average Bonchev–Trinajstić information content (AvgIpc) is 3.59. The minimum atomic E-state index is -0.330. The summed E-state index contributed by atoms with van der Waals surface area (Å²) in [5, 5.41) is 7.11. The lowest BCUT2D eigenvalue weighted by atomic mass is 10.0. The first-order valence-electron chi connectivity index (χ1n) is 13.1. The predicted octanol–water partition coefficient (Wildman–Crippen LogP) is 5.54. The van der Waals surface area contributed by atoms with Crippen LogP contribution in [0.5, 0.6) is 0 Å². The maximum Gasteiger partial charge on any atom is 0.220 e. The zero-order valence-electron chi connectivity index (χ0n) is 22.7. The van der Waals surface area contributed by atoms with Gasteiger partial charge in [-0.3, -0.25) is 9.59 Å². The van der Waals surface area contributed by atoms with Gasteiger partial charge in [-0.2, -0.15) is 0 Å². The number of aromatic nitrogens is 1. The second-order valence-corrected chi connectivity index (χ2v) is 13.1. The minimum absolute atomic E-state index is 0.0603. The topological polar surface area (TPSA) is 89.5 Å². The molecule has 0 aromatic carbocycles. The Morgan fingerprint density at radius 2 is 1.75 bits per heavy atom. The van der Waals surface area contributed by atoms with Gasteiger partial charge in [0.1, 0.15) is 5.03 Å². The summed E-state index contributed by atoms with van der Waals surface area (Å²) in [5.41, 5.74) is -0.557. The van der Waals surface area contributed by atoms with Gasteiger partial charge in [0, 0.05) is 43.5 Å². The lowest BCUT2D eigenvalue weighted by molar-refractivity contribution is -0.123. The van der Waals surface area contributed by atoms with Gasteiger partial charge in [0.05, 0.1) is 17.8 Å². The highest BCUT2D eigenvalue weighted by atomic mass is 33.1. The van der Waals surface area contributed by atoms with Crippen LogP contribution in [-0.2, 0) is 19.1 Å². The molecule has 0 unspecified atom stereocenters. The second kappa shape index (κ2) is 15.2. The quantitative estimate of drug-likeness (QED) is 0.176. The highest BCUT2D eigenvalue weighted by Crippen LogP contribution is 2.38. The zero-order chi connectivity index (χ0) is 26.5. The van der Waals surface area contributed by atoms with Crippen molar-refractivity contribution >= 4 is 33.4 Å². The number of hydrogen-bond acceptors (Lipinski definition) is 7. The van der Waals surface area contributed by atoms with Crippen LogP contribution in [0, 0.1) is 0 Å². The van der Waals surface area contributed by atoms with Crippen molar-refractivity contribution in [3.05, 3.63) is 24.4 Å². The minimum Gasteiger partial charge on any atom is -0.375 e. The van der Waals surface area contributed by atoms with E-state index in [-0.39, 0.29) is 28.6 Å². The van der Waals surface area contributed by atoms with E-state index in [4.69, 9.17) is 9.47 Å². The summed E-state index contributed by atoms with van der Waals surface area (Å²) in [6.45, 7) is 12.1. The fourth-order valence-corrected chi connectivity index (χ4v) is 5.47. The lowest BCUT2D eigenvalue weighted by Gasteiger charge is -2.30. The fourth-order valence-electron chi connectivity index (χ4n) is 3.60. The Balaban J connectivity index is 1.49. The molecular weight excluding hydrogens is 494 g/mol. The van der Waals surface area contributed by atoms with E-state index in [2.05, 4.69) is 36.4 Å². The van der Waals surface area contributed by atoms with E-state index in [9.17, 15) is 9.59 Å². The molecular formula is C27H45N3O4S2. The van der Waals surface area contributed by atoms with Crippen molar-refractivity contribution in [2.75, 3.05) is 25.5 Å². The molecule has 0 radical (unpaired) electrons. The molecule has 9 heteroatoms. The van der Waals surface area contributed by atoms with Crippen molar-refractivity contribution in [1.29, 1.82) is 0 Å². The zero-order valence-corrected chi connectivity index (χ0v) is 24.3. The summed E-state index contributed by atoms with van der Waals surface area (Å²) in [5.74, 6) is 0.937. The van der Waals surface area contributed by atoms with Gasteiger partial charge in [0.15, 0.2) is 0 Å². The molecule has 1 heterocycles. The van der Waals surface area contributed by atoms with E-state index in [1.807, 2.05) is 32.0 Å². The molecule has 0 spiro atoms. The van der Waals surface area contributed by atoms with Gasteiger partial charge in [-0.05, 0) is 89.1 Å². The molecule has 2 N–H and O–H groups in total. The number of pyridine rings is 1. The summed E-state index contributed by atoms with van der Waals surface area (Å²) in [6.07, 6.45) is 8.21. The molecule has 1 aromatic rings. The number of carbonyl (C=O) groups is 2. The summed E-state index contributed by atoms with van der Waals surface area (Å²) < 4.78 is 12.1. The smallest absolute Gasteiger partial charge is 0.220 e. The largest absolute Gasteiger partial charge is 0.375 e. The van der Waals surface area contributed by atoms with E-state index < -0.39 is 0 Å². The second-order valence-electron chi connectivity index (χ2n) is 10.7. The van der Waals surface area contributed by atoms with Crippen molar-refractivity contribution in [2.24, 2.45) is 0 Å². The highest BCUT2D eigenvalue weighted by molar-refractivity contribution is 8.76. The number of hydrogen-bond donors (Lipinski definition) is 2. The van der Waals surface area contributed by atoms with Crippen molar-refractivity contribution in [3.63, 3.8) is 0 Å². The number of rotatable bonds is 19. The summed E-state index contributed by atoms with van der Waals surface area (Å²) in [4.78, 5) is 28.5. The third kappa shape index (κ3) is 13.3. The molecule has 36 heavy (non-hydrogen) atoms. The number of nitrogens with zero attached hydrogens (tertiary/aromatic N) is 1. The molecule has 1 aliphatic rings. The fraction of sp³-hybridized carbons (Fsp3) is 0.741. The van der Waals surface area contributed by atoms with Crippen LogP contribution in [0.1, 0.15) is 86.0 Å². The molecule has 2 rings (SSSR count). The molecule has 1 fully saturated rings. The highest BCUT2D eigenvalue weighted by Gasteiger charge is 2.41. The molecule has 7 nitrogen and oxygen atoms in total. The van der Waals surface area contributed by atoms with E-state index in [0.29, 0.717) is 32.6 Å². The van der Waals surface area contributed by atoms with Crippen LogP contribution in [0.2, 0.25) is 0 Å². The molecule has 0 bridgehead atoms. The van der Waals surface area contributed by atoms with Crippen molar-refractivity contribution in [1.82, 2.24) is 15.6 Å². The lowest BCUT2D eigenvalue weighted by Crippen LogP contribution is -2.36. The third-order valence-corrected chi connectivity index (χ3v) is 8.68. The summed E-state index contributed by atoms with van der Waals surface area (Å²) >= 11 is 0. The number of nitrogens with one attached hydrogen (secondary N) is 2. The van der Waals surface area contributed by atoms with Crippen LogP contribution >= 0.6 is 21.6 Å². The van der Waals surface area contributed by atoms with Crippen molar-refractivity contribution in [2.45, 2.75) is 108 Å². The molecule has 0 saturated heterocycles. The Bertz CT molecular complexity index is 801. The first-order valence-corrected chi connectivity index (χ1v) is 15.4. The Hall–Kier alpha value is -1.29. The predicted molar refractivity (Wildman–Crippen MR) is 149 cm³/mol. The molecule has 2 amide bonds. The van der Waals surface area contributed by atoms with Crippen LogP contribution in [0.3, 0.4) is 0 Å². The molecule has 0 atom stereocenters. The summed E-state index contributed by atoms with van der Waals surface area (Å²) in [7, 11) is 3.23. The molecule has 1 aliphatic carbocycles. The van der Waals surface area contributed by atoms with Gasteiger partial charge in [-0.25, -0.2) is 4.98 Å². The number of amides is 2. The first kappa shape index (κ1) is 30.9. The molecule has 1 aromatic heterocycles. The van der Waals surface area contributed by atoms with E-state index in [1.54, 1.807) is 27.8 Å². The molecule has 204 valence electrons. The van der Waals surface area contributed by atoms with Gasteiger partial charge in [-0.15, -0.1) is 0 Å². The van der Waals surface area contributed by atoms with Crippen LogP contribution in [0.4, 0.5) is 0 Å². The van der Waals surface area contributed by atoms with Gasteiger partial charge >= 0.3 is 0 Å². The van der Waals surface area contributed by atoms with Gasteiger partial charge in [0.2, 0.25) is 11.8 Å². The maximum atomic E-state index is 12.1. The first-order chi connectivity index (χ1) is 17.0. The van der Waals surface area contributed by atoms with E-state index in [1.165, 1.54) is 0 Å². The van der Waals surface area contributed by atoms with Crippen molar-refractivity contribution < 1.29 is 19.1 Å². The van der Waals surface area contributed by atoms with Gasteiger partial charge in [-0.1, -0.05) is 23.8 Å². The average molecular weight is 540 g/mol. The Kier molecular flexibility index (Phi) is 13.1. The SMILES string of the molecule is CCC1(NC(=O)CCCOC(C)(C)CCOC(C)(C)CCNC(=O)CCSSc2ccccn2)CC1. The van der Waals surface area contributed by atoms with E-state index in [0.717, 1.165) is 49.3 Å². The third-order valence-electron chi connectivity index (χ3n) is 6.42. The Morgan fingerprint density at radius 3 is 2.42 bits per heavy atom. The monoisotopic (exact) mass is 539 g/mol. The van der Waals surface area contributed by atoms with Crippen LogP contribution in [0.15, 0.2) is 29.4 Å². The normalized spacial score (nSPS) is 14.9. The van der Waals surface area contributed by atoms with Crippen LogP contribution < -0.4 is 10.6 Å². The molecule has 1 saturated carbocycles. The van der Waals surface area contributed by atoms with Gasteiger partial charge in [0.25, 0.3) is 0 Å². The Labute approximate surface area is 225 Å².